The van der Waals surface area contributed by atoms with Gasteiger partial charge in [-0.2, -0.15) is 0 Å². The van der Waals surface area contributed by atoms with Gasteiger partial charge < -0.3 is 15.4 Å². The number of para-hydroxylation sites is 1. The molecule has 0 saturated heterocycles. The van der Waals surface area contributed by atoms with Crippen LogP contribution < -0.4 is 10.6 Å². The second-order valence-corrected chi connectivity index (χ2v) is 4.82. The van der Waals surface area contributed by atoms with E-state index < -0.39 is 29.1 Å². The summed E-state index contributed by atoms with van der Waals surface area (Å²) in [6.45, 7) is 2.26. The number of benzene rings is 1. The van der Waals surface area contributed by atoms with Crippen LogP contribution in [-0.2, 0) is 14.3 Å². The Morgan fingerprint density at radius 2 is 1.86 bits per heavy atom. The normalized spacial score (nSPS) is 11.8. The van der Waals surface area contributed by atoms with Crippen LogP contribution in [-0.4, -0.2) is 31.6 Å². The highest BCUT2D eigenvalue weighted by atomic mass is 19.1. The molecular weight excluding hydrogens is 294 g/mol. The molecule has 0 saturated carbocycles. The Morgan fingerprint density at radius 1 is 1.23 bits per heavy atom. The van der Waals surface area contributed by atoms with E-state index in [0.29, 0.717) is 6.42 Å². The molecule has 22 heavy (non-hydrogen) atoms. The fourth-order valence-electron chi connectivity index (χ4n) is 1.89. The first-order valence-corrected chi connectivity index (χ1v) is 7.04. The molecule has 0 radical (unpaired) electrons. The highest BCUT2D eigenvalue weighted by molar-refractivity contribution is 6.39. The van der Waals surface area contributed by atoms with Crippen LogP contribution in [0.3, 0.4) is 0 Å². The van der Waals surface area contributed by atoms with E-state index in [-0.39, 0.29) is 12.6 Å². The highest BCUT2D eigenvalue weighted by Gasteiger charge is 2.21. The minimum absolute atomic E-state index is 0.257. The summed E-state index contributed by atoms with van der Waals surface area (Å²) in [5.41, 5.74) is -0.639. The summed E-state index contributed by atoms with van der Waals surface area (Å²) in [4.78, 5) is 23.5. The maximum absolute atomic E-state index is 13.4. The molecule has 1 aromatic carbocycles. The standard InChI is InChI=1S/C15H20F2N2O3/c1-3-4-6-10(9-22-2)18-14(20)15(21)19-13-11(16)7-5-8-12(13)17/h5,7-8,10H,3-4,6,9H2,1-2H3,(H,18,20)(H,19,21)/t10-/m1/s1. The Bertz CT molecular complexity index is 503. The number of hydrogen-bond acceptors (Lipinski definition) is 3. The van der Waals surface area contributed by atoms with Crippen molar-refractivity contribution in [2.24, 2.45) is 0 Å². The van der Waals surface area contributed by atoms with E-state index in [9.17, 15) is 18.4 Å². The first kappa shape index (κ1) is 18.0. The van der Waals surface area contributed by atoms with Gasteiger partial charge in [0.2, 0.25) is 0 Å². The number of halogens is 2. The predicted octanol–water partition coefficient (Wildman–Crippen LogP) is 2.22. The van der Waals surface area contributed by atoms with Crippen molar-refractivity contribution in [1.82, 2.24) is 5.32 Å². The molecule has 122 valence electrons. The Morgan fingerprint density at radius 3 is 2.41 bits per heavy atom. The summed E-state index contributed by atoms with van der Waals surface area (Å²) in [5, 5.41) is 4.43. The Hall–Kier alpha value is -2.02. The van der Waals surface area contributed by atoms with Gasteiger partial charge in [-0.1, -0.05) is 25.8 Å². The lowest BCUT2D eigenvalue weighted by Crippen LogP contribution is -2.44. The minimum atomic E-state index is -1.12. The van der Waals surface area contributed by atoms with Crippen molar-refractivity contribution >= 4 is 17.5 Å². The number of hydrogen-bond donors (Lipinski definition) is 2. The van der Waals surface area contributed by atoms with E-state index in [1.54, 1.807) is 0 Å². The number of ether oxygens (including phenoxy) is 1. The average Bonchev–Trinajstić information content (AvgIpc) is 2.48. The summed E-state index contributed by atoms with van der Waals surface area (Å²) < 4.78 is 31.8. The van der Waals surface area contributed by atoms with Crippen LogP contribution in [0.4, 0.5) is 14.5 Å². The second-order valence-electron chi connectivity index (χ2n) is 4.82. The molecule has 0 aliphatic heterocycles. The number of methoxy groups -OCH3 is 1. The molecule has 0 heterocycles. The van der Waals surface area contributed by atoms with Crippen LogP contribution in [0, 0.1) is 11.6 Å². The van der Waals surface area contributed by atoms with Crippen LogP contribution in [0.15, 0.2) is 18.2 Å². The van der Waals surface area contributed by atoms with Gasteiger partial charge in [-0.05, 0) is 18.6 Å². The first-order valence-electron chi connectivity index (χ1n) is 7.04. The highest BCUT2D eigenvalue weighted by Crippen LogP contribution is 2.17. The number of nitrogens with one attached hydrogen (secondary N) is 2. The van der Waals surface area contributed by atoms with E-state index in [2.05, 4.69) is 5.32 Å². The molecule has 0 aliphatic rings. The van der Waals surface area contributed by atoms with Crippen LogP contribution in [0.1, 0.15) is 26.2 Å². The van der Waals surface area contributed by atoms with Gasteiger partial charge in [-0.3, -0.25) is 9.59 Å². The topological polar surface area (TPSA) is 67.4 Å². The number of carbonyl (C=O) groups is 2. The van der Waals surface area contributed by atoms with Crippen molar-refractivity contribution in [3.8, 4) is 0 Å². The van der Waals surface area contributed by atoms with Crippen molar-refractivity contribution in [2.75, 3.05) is 19.0 Å². The molecule has 0 aliphatic carbocycles. The molecule has 2 amide bonds. The SMILES string of the molecule is CCCC[C@H](COC)NC(=O)C(=O)Nc1c(F)cccc1F. The Balaban J connectivity index is 2.66. The van der Waals surface area contributed by atoms with E-state index in [4.69, 9.17) is 4.74 Å². The predicted molar refractivity (Wildman–Crippen MR) is 78.3 cm³/mol. The number of amides is 2. The molecule has 1 aromatic rings. The van der Waals surface area contributed by atoms with Gasteiger partial charge >= 0.3 is 11.8 Å². The molecule has 1 rings (SSSR count). The fraction of sp³-hybridized carbons (Fsp3) is 0.467. The lowest BCUT2D eigenvalue weighted by atomic mass is 10.1. The van der Waals surface area contributed by atoms with Gasteiger partial charge in [-0.25, -0.2) is 8.78 Å². The van der Waals surface area contributed by atoms with Gasteiger partial charge in [0.1, 0.15) is 17.3 Å². The summed E-state index contributed by atoms with van der Waals surface area (Å²) in [7, 11) is 1.49. The zero-order chi connectivity index (χ0) is 16.5. The largest absolute Gasteiger partial charge is 0.383 e. The minimum Gasteiger partial charge on any atom is -0.383 e. The van der Waals surface area contributed by atoms with Crippen LogP contribution in [0.5, 0.6) is 0 Å². The Kier molecular flexibility index (Phi) is 7.45. The quantitative estimate of drug-likeness (QED) is 0.758. The van der Waals surface area contributed by atoms with Gasteiger partial charge in [0.15, 0.2) is 0 Å². The van der Waals surface area contributed by atoms with Crippen molar-refractivity contribution in [3.05, 3.63) is 29.8 Å². The number of anilines is 1. The van der Waals surface area contributed by atoms with Crippen LogP contribution in [0.2, 0.25) is 0 Å². The fourth-order valence-corrected chi connectivity index (χ4v) is 1.89. The molecule has 0 fully saturated rings. The maximum atomic E-state index is 13.4. The molecule has 2 N–H and O–H groups in total. The van der Waals surface area contributed by atoms with Gasteiger partial charge in [0.05, 0.1) is 12.6 Å². The lowest BCUT2D eigenvalue weighted by Gasteiger charge is -2.17. The van der Waals surface area contributed by atoms with Crippen LogP contribution in [0.25, 0.3) is 0 Å². The summed E-state index contributed by atoms with van der Waals surface area (Å²) >= 11 is 0. The zero-order valence-electron chi connectivity index (χ0n) is 12.6. The van der Waals surface area contributed by atoms with Gasteiger partial charge in [-0.15, -0.1) is 0 Å². The summed E-state index contributed by atoms with van der Waals surface area (Å²) in [6, 6.07) is 2.82. The zero-order valence-corrected chi connectivity index (χ0v) is 12.6. The van der Waals surface area contributed by atoms with E-state index in [1.165, 1.54) is 13.2 Å². The van der Waals surface area contributed by atoms with Crippen molar-refractivity contribution in [3.63, 3.8) is 0 Å². The summed E-state index contributed by atoms with van der Waals surface area (Å²) in [6.07, 6.45) is 2.44. The molecule has 7 heteroatoms. The third kappa shape index (κ3) is 5.40. The molecule has 1 atom stereocenters. The third-order valence-corrected chi connectivity index (χ3v) is 3.02. The number of rotatable bonds is 7. The number of unbranched alkanes of at least 4 members (excludes halogenated alkanes) is 1. The van der Waals surface area contributed by atoms with Crippen LogP contribution >= 0.6 is 0 Å². The summed E-state index contributed by atoms with van der Waals surface area (Å²) in [5.74, 6) is -3.97. The molecular formula is C15H20F2N2O3. The Labute approximate surface area is 128 Å². The maximum Gasteiger partial charge on any atom is 0.313 e. The van der Waals surface area contributed by atoms with Crippen molar-refractivity contribution in [2.45, 2.75) is 32.2 Å². The van der Waals surface area contributed by atoms with Gasteiger partial charge in [0, 0.05) is 7.11 Å². The monoisotopic (exact) mass is 314 g/mol. The molecule has 0 aromatic heterocycles. The van der Waals surface area contributed by atoms with Crippen molar-refractivity contribution in [1.29, 1.82) is 0 Å². The second kappa shape index (κ2) is 9.09. The van der Waals surface area contributed by atoms with E-state index in [1.807, 2.05) is 12.2 Å². The van der Waals surface area contributed by atoms with Crippen molar-refractivity contribution < 1.29 is 23.1 Å². The first-order chi connectivity index (χ1) is 10.5. The molecule has 5 nitrogen and oxygen atoms in total. The smallest absolute Gasteiger partial charge is 0.313 e. The third-order valence-electron chi connectivity index (χ3n) is 3.02. The van der Waals surface area contributed by atoms with E-state index in [0.717, 1.165) is 25.0 Å². The average molecular weight is 314 g/mol. The van der Waals surface area contributed by atoms with Gasteiger partial charge in [0.25, 0.3) is 0 Å². The lowest BCUT2D eigenvalue weighted by molar-refractivity contribution is -0.136. The van der Waals surface area contributed by atoms with E-state index >= 15 is 0 Å². The molecule has 0 spiro atoms. The number of carbonyl (C=O) groups excluding carboxylic acids is 2. The molecule has 0 unspecified atom stereocenters. The molecule has 0 bridgehead atoms.